The van der Waals surface area contributed by atoms with Crippen LogP contribution in [0.15, 0.2) is 48.5 Å². The Balaban J connectivity index is 1.51. The van der Waals surface area contributed by atoms with E-state index in [9.17, 15) is 14.3 Å². The van der Waals surface area contributed by atoms with Crippen LogP contribution in [0.2, 0.25) is 5.02 Å². The normalized spacial score (nSPS) is 18.9. The van der Waals surface area contributed by atoms with Gasteiger partial charge >= 0.3 is 0 Å². The van der Waals surface area contributed by atoms with Gasteiger partial charge in [-0.25, -0.2) is 9.37 Å². The molecular weight excluding hydrogens is 503 g/mol. The summed E-state index contributed by atoms with van der Waals surface area (Å²) in [5.41, 5.74) is 2.05. The molecule has 3 aromatic rings. The maximum Gasteiger partial charge on any atom is 0.251 e. The number of ether oxygens (including phenoxy) is 3. The highest BCUT2D eigenvalue weighted by atomic mass is 35.5. The number of hydrogen-bond acceptors (Lipinski definition) is 7. The molecule has 1 amide bonds. The predicted molar refractivity (Wildman–Crippen MR) is 136 cm³/mol. The minimum absolute atomic E-state index is 0.0277. The van der Waals surface area contributed by atoms with Crippen molar-refractivity contribution in [2.75, 3.05) is 27.4 Å². The van der Waals surface area contributed by atoms with Crippen LogP contribution in [0.5, 0.6) is 17.2 Å². The Bertz CT molecular complexity index is 1270. The highest BCUT2D eigenvalue weighted by molar-refractivity contribution is 6.31. The van der Waals surface area contributed by atoms with Crippen LogP contribution >= 0.6 is 11.6 Å². The minimum Gasteiger partial charge on any atom is -0.494 e. The lowest BCUT2D eigenvalue weighted by atomic mass is 9.98. The number of benzene rings is 2. The summed E-state index contributed by atoms with van der Waals surface area (Å²) in [6, 6.07) is 12.1. The Kier molecular flexibility index (Phi) is 8.48. The molecule has 1 aliphatic rings. The van der Waals surface area contributed by atoms with Crippen LogP contribution in [0.3, 0.4) is 0 Å². The fourth-order valence-corrected chi connectivity index (χ4v) is 4.66. The van der Waals surface area contributed by atoms with E-state index in [2.05, 4.69) is 5.32 Å². The van der Waals surface area contributed by atoms with Gasteiger partial charge in [-0.1, -0.05) is 11.6 Å². The Morgan fingerprint density at radius 2 is 1.84 bits per heavy atom. The van der Waals surface area contributed by atoms with E-state index in [0.29, 0.717) is 52.6 Å². The molecule has 1 aliphatic carbocycles. The van der Waals surface area contributed by atoms with E-state index in [1.165, 1.54) is 26.4 Å². The summed E-state index contributed by atoms with van der Waals surface area (Å²) >= 11 is 5.97. The predicted octanol–water partition coefficient (Wildman–Crippen LogP) is 3.97. The number of halogens is 2. The lowest BCUT2D eigenvalue weighted by molar-refractivity contribution is 0.0853. The number of nitrogens with one attached hydrogen (secondary N) is 1. The minimum atomic E-state index is -0.872. The lowest BCUT2D eigenvalue weighted by Crippen LogP contribution is -2.41. The molecule has 0 saturated heterocycles. The Morgan fingerprint density at radius 3 is 2.54 bits per heavy atom. The summed E-state index contributed by atoms with van der Waals surface area (Å²) in [5.74, 6) is 0.0508. The number of carbonyl (C=O) groups excluding carboxylic acids is 1. The summed E-state index contributed by atoms with van der Waals surface area (Å²) in [7, 11) is 2.98. The number of amides is 1. The molecule has 1 fully saturated rings. The first-order valence-corrected chi connectivity index (χ1v) is 12.1. The van der Waals surface area contributed by atoms with Crippen LogP contribution in [0.4, 0.5) is 4.39 Å². The van der Waals surface area contributed by atoms with Gasteiger partial charge in [0.15, 0.2) is 11.5 Å². The van der Waals surface area contributed by atoms with Gasteiger partial charge in [-0.15, -0.1) is 0 Å². The summed E-state index contributed by atoms with van der Waals surface area (Å²) in [6.07, 6.45) is 0.285. The van der Waals surface area contributed by atoms with E-state index < -0.39 is 18.0 Å². The van der Waals surface area contributed by atoms with E-state index in [1.807, 2.05) is 0 Å². The van der Waals surface area contributed by atoms with Gasteiger partial charge in [0.2, 0.25) is 0 Å². The summed E-state index contributed by atoms with van der Waals surface area (Å²) < 4.78 is 29.8. The van der Waals surface area contributed by atoms with Crippen LogP contribution in [-0.2, 0) is 0 Å². The molecule has 2 aromatic carbocycles. The molecule has 1 heterocycles. The number of nitrogens with zero attached hydrogens (tertiary/aromatic N) is 1. The van der Waals surface area contributed by atoms with Crippen molar-refractivity contribution in [3.63, 3.8) is 0 Å². The number of pyridine rings is 1. The molecule has 3 atom stereocenters. The van der Waals surface area contributed by atoms with Crippen molar-refractivity contribution in [2.45, 2.75) is 30.9 Å². The number of aromatic nitrogens is 1. The van der Waals surface area contributed by atoms with Crippen LogP contribution < -0.4 is 19.5 Å². The number of hydrogen-bond donors (Lipinski definition) is 3. The smallest absolute Gasteiger partial charge is 0.251 e. The van der Waals surface area contributed by atoms with Gasteiger partial charge in [0.25, 0.3) is 5.91 Å². The molecular formula is C27H28ClFN2O6. The quantitative estimate of drug-likeness (QED) is 0.384. The van der Waals surface area contributed by atoms with Crippen molar-refractivity contribution in [3.05, 3.63) is 70.6 Å². The Morgan fingerprint density at radius 1 is 1.08 bits per heavy atom. The second-order valence-electron chi connectivity index (χ2n) is 8.61. The molecule has 0 aliphatic heterocycles. The molecule has 3 N–H and O–H groups in total. The number of aliphatic hydroxyl groups excluding tert-OH is 2. The van der Waals surface area contributed by atoms with Crippen molar-refractivity contribution < 1.29 is 33.6 Å². The molecule has 1 saturated carbocycles. The van der Waals surface area contributed by atoms with Gasteiger partial charge in [-0.3, -0.25) is 4.79 Å². The molecule has 1 unspecified atom stereocenters. The average Bonchev–Trinajstić information content (AvgIpc) is 3.28. The first kappa shape index (κ1) is 26.7. The number of rotatable bonds is 9. The van der Waals surface area contributed by atoms with Gasteiger partial charge in [0, 0.05) is 22.7 Å². The fourth-order valence-electron chi connectivity index (χ4n) is 4.48. The topological polar surface area (TPSA) is 110 Å². The first-order valence-electron chi connectivity index (χ1n) is 11.8. The zero-order chi connectivity index (χ0) is 26.5. The monoisotopic (exact) mass is 530 g/mol. The van der Waals surface area contributed by atoms with Crippen molar-refractivity contribution in [1.29, 1.82) is 0 Å². The zero-order valence-corrected chi connectivity index (χ0v) is 21.2. The van der Waals surface area contributed by atoms with Gasteiger partial charge in [-0.05, 0) is 61.4 Å². The molecule has 0 spiro atoms. The molecule has 196 valence electrons. The third kappa shape index (κ3) is 5.79. The highest BCUT2D eigenvalue weighted by Crippen LogP contribution is 2.38. The molecule has 8 nitrogen and oxygen atoms in total. The van der Waals surface area contributed by atoms with E-state index in [-0.39, 0.29) is 30.1 Å². The van der Waals surface area contributed by atoms with E-state index in [4.69, 9.17) is 35.9 Å². The molecule has 10 heteroatoms. The highest BCUT2D eigenvalue weighted by Gasteiger charge is 2.38. The molecule has 4 rings (SSSR count). The summed E-state index contributed by atoms with van der Waals surface area (Å²) in [5, 5.41) is 22.9. The van der Waals surface area contributed by atoms with E-state index in [0.717, 1.165) is 0 Å². The third-order valence-electron chi connectivity index (χ3n) is 6.38. The average molecular weight is 531 g/mol. The van der Waals surface area contributed by atoms with E-state index >= 15 is 0 Å². The number of carbonyl (C=O) groups is 1. The molecule has 37 heavy (non-hydrogen) atoms. The maximum atomic E-state index is 13.7. The Labute approximate surface area is 219 Å². The van der Waals surface area contributed by atoms with Gasteiger partial charge in [-0.2, -0.15) is 0 Å². The van der Waals surface area contributed by atoms with Crippen molar-refractivity contribution in [1.82, 2.24) is 10.3 Å². The standard InChI is InChI=1S/C27H28ClFN2O6/c1-35-23-10-8-20(30-25(23)15-3-6-19(29)18(28)13-15)17-5-7-21(26(17)33)31-27(34)16-4-9-22(37-12-11-32)24(14-16)36-2/h3-4,6,8-10,13-14,17,21,26,32-33H,5,7,11-12H2,1-2H3,(H,31,34)/t17?,21-,26-/m1/s1. The van der Waals surface area contributed by atoms with Crippen LogP contribution in [0, 0.1) is 5.82 Å². The van der Waals surface area contributed by atoms with Crippen molar-refractivity contribution >= 4 is 17.5 Å². The largest absolute Gasteiger partial charge is 0.494 e. The zero-order valence-electron chi connectivity index (χ0n) is 20.4. The summed E-state index contributed by atoms with van der Waals surface area (Å²) in [4.78, 5) is 17.6. The van der Waals surface area contributed by atoms with Crippen LogP contribution in [0.1, 0.15) is 34.8 Å². The van der Waals surface area contributed by atoms with Crippen LogP contribution in [-0.4, -0.2) is 60.7 Å². The SMILES string of the molecule is COc1cc(C(=O)N[C@@H]2CCC(c3ccc(OC)c(-c4ccc(F)c(Cl)c4)n3)[C@H]2O)ccc1OCCO. The second-order valence-corrected chi connectivity index (χ2v) is 9.02. The lowest BCUT2D eigenvalue weighted by Gasteiger charge is -2.21. The Hall–Kier alpha value is -3.40. The van der Waals surface area contributed by atoms with Gasteiger partial charge < -0.3 is 29.7 Å². The third-order valence-corrected chi connectivity index (χ3v) is 6.67. The molecule has 1 aromatic heterocycles. The summed E-state index contributed by atoms with van der Waals surface area (Å²) in [6.45, 7) is -0.0405. The fraction of sp³-hybridized carbons (Fsp3) is 0.333. The van der Waals surface area contributed by atoms with Crippen molar-refractivity contribution in [3.8, 4) is 28.5 Å². The maximum absolute atomic E-state index is 13.7. The number of methoxy groups -OCH3 is 2. The van der Waals surface area contributed by atoms with Crippen LogP contribution in [0.25, 0.3) is 11.3 Å². The van der Waals surface area contributed by atoms with Crippen molar-refractivity contribution in [2.24, 2.45) is 0 Å². The first-order chi connectivity index (χ1) is 17.9. The molecule has 0 radical (unpaired) electrons. The second kappa shape index (κ2) is 11.8. The van der Waals surface area contributed by atoms with Gasteiger partial charge in [0.05, 0.1) is 38.0 Å². The molecule has 0 bridgehead atoms. The number of aliphatic hydroxyl groups is 2. The van der Waals surface area contributed by atoms with Gasteiger partial charge in [0.1, 0.15) is 23.9 Å². The van der Waals surface area contributed by atoms with E-state index in [1.54, 1.807) is 36.4 Å².